The molecule has 8 nitrogen and oxygen atoms in total. The van der Waals surface area contributed by atoms with Crippen LogP contribution in [0.2, 0.25) is 0 Å². The molecule has 144 valence electrons. The SMILES string of the molecule is CC(=O)OC[C@]12Oc3cccc(O)c3C(O)=C1C(=O)C[C@@H](C)[C@H]2OC(C)=O. The molecule has 2 aliphatic rings. The van der Waals surface area contributed by atoms with Crippen LogP contribution >= 0.6 is 0 Å². The number of ether oxygens (including phenoxy) is 3. The van der Waals surface area contributed by atoms with Crippen molar-refractivity contribution in [3.05, 3.63) is 29.3 Å². The van der Waals surface area contributed by atoms with Crippen LogP contribution in [-0.4, -0.2) is 46.2 Å². The molecule has 2 N–H and O–H groups in total. The van der Waals surface area contributed by atoms with Crippen LogP contribution in [0.4, 0.5) is 0 Å². The molecule has 0 spiro atoms. The average molecular weight is 376 g/mol. The zero-order chi connectivity index (χ0) is 19.9. The molecule has 1 aliphatic carbocycles. The van der Waals surface area contributed by atoms with E-state index in [0.717, 1.165) is 0 Å². The molecule has 0 unspecified atom stereocenters. The normalized spacial score (nSPS) is 26.6. The van der Waals surface area contributed by atoms with Crippen molar-refractivity contribution in [3.8, 4) is 11.5 Å². The lowest BCUT2D eigenvalue weighted by Crippen LogP contribution is -2.63. The third kappa shape index (κ3) is 3.01. The van der Waals surface area contributed by atoms with Crippen LogP contribution in [0.5, 0.6) is 11.5 Å². The molecule has 0 bridgehead atoms. The van der Waals surface area contributed by atoms with Gasteiger partial charge in [0.25, 0.3) is 0 Å². The number of hydrogen-bond donors (Lipinski definition) is 2. The van der Waals surface area contributed by atoms with Crippen molar-refractivity contribution in [2.24, 2.45) is 5.92 Å². The predicted octanol–water partition coefficient (Wildman–Crippen LogP) is 1.90. The molecule has 1 aromatic rings. The molecule has 1 saturated carbocycles. The number of esters is 2. The second kappa shape index (κ2) is 6.61. The van der Waals surface area contributed by atoms with Crippen molar-refractivity contribution >= 4 is 23.5 Å². The maximum Gasteiger partial charge on any atom is 0.303 e. The van der Waals surface area contributed by atoms with Gasteiger partial charge in [-0.25, -0.2) is 0 Å². The number of aliphatic hydroxyl groups is 1. The summed E-state index contributed by atoms with van der Waals surface area (Å²) in [5, 5.41) is 20.9. The van der Waals surface area contributed by atoms with Gasteiger partial charge in [-0.15, -0.1) is 0 Å². The van der Waals surface area contributed by atoms with E-state index in [-0.39, 0.29) is 29.1 Å². The fourth-order valence-corrected chi connectivity index (χ4v) is 3.73. The molecule has 1 aromatic carbocycles. The fourth-order valence-electron chi connectivity index (χ4n) is 3.73. The van der Waals surface area contributed by atoms with Crippen LogP contribution < -0.4 is 4.74 Å². The number of fused-ring (bicyclic) bond motifs is 2. The molecule has 3 atom stereocenters. The van der Waals surface area contributed by atoms with Gasteiger partial charge in [0.1, 0.15) is 29.4 Å². The Balaban J connectivity index is 2.25. The first-order chi connectivity index (χ1) is 12.7. The number of phenols is 1. The minimum atomic E-state index is -1.71. The maximum absolute atomic E-state index is 12.8. The monoisotopic (exact) mass is 376 g/mol. The zero-order valence-corrected chi connectivity index (χ0v) is 15.1. The molecule has 0 amide bonds. The third-order valence-corrected chi connectivity index (χ3v) is 4.74. The molecule has 0 aromatic heterocycles. The number of carbonyl (C=O) groups is 3. The van der Waals surface area contributed by atoms with Crippen molar-refractivity contribution in [3.63, 3.8) is 0 Å². The highest BCUT2D eigenvalue weighted by Crippen LogP contribution is 2.50. The lowest BCUT2D eigenvalue weighted by molar-refractivity contribution is -0.177. The number of ketones is 1. The van der Waals surface area contributed by atoms with E-state index in [9.17, 15) is 24.6 Å². The number of rotatable bonds is 3. The van der Waals surface area contributed by atoms with Crippen LogP contribution in [-0.2, 0) is 23.9 Å². The van der Waals surface area contributed by atoms with E-state index in [2.05, 4.69) is 0 Å². The Morgan fingerprint density at radius 3 is 2.59 bits per heavy atom. The second-order valence-electron chi connectivity index (χ2n) is 6.78. The number of aliphatic hydroxyl groups excluding tert-OH is 1. The number of carbonyl (C=O) groups excluding carboxylic acids is 3. The Hall–Kier alpha value is -3.03. The molecule has 1 aliphatic heterocycles. The molecule has 0 saturated heterocycles. The van der Waals surface area contributed by atoms with E-state index in [1.807, 2.05) is 0 Å². The lowest BCUT2D eigenvalue weighted by atomic mass is 9.70. The van der Waals surface area contributed by atoms with Gasteiger partial charge in [0.2, 0.25) is 5.60 Å². The van der Waals surface area contributed by atoms with Crippen molar-refractivity contribution in [1.82, 2.24) is 0 Å². The number of phenolic OH excluding ortho intramolecular Hbond substituents is 1. The van der Waals surface area contributed by atoms with E-state index >= 15 is 0 Å². The van der Waals surface area contributed by atoms with Crippen molar-refractivity contribution in [1.29, 1.82) is 0 Å². The summed E-state index contributed by atoms with van der Waals surface area (Å²) in [7, 11) is 0. The average Bonchev–Trinajstić information content (AvgIpc) is 2.56. The van der Waals surface area contributed by atoms with Crippen molar-refractivity contribution in [2.75, 3.05) is 6.61 Å². The Kier molecular flexibility index (Phi) is 4.59. The van der Waals surface area contributed by atoms with Gasteiger partial charge in [0, 0.05) is 26.2 Å². The van der Waals surface area contributed by atoms with E-state index in [0.29, 0.717) is 0 Å². The highest BCUT2D eigenvalue weighted by atomic mass is 16.6. The Labute approximate surface area is 155 Å². The summed E-state index contributed by atoms with van der Waals surface area (Å²) < 4.78 is 16.6. The van der Waals surface area contributed by atoms with E-state index < -0.39 is 47.7 Å². The lowest BCUT2D eigenvalue weighted by Gasteiger charge is -2.48. The number of Topliss-reactive ketones (excluding diaryl/α,β-unsaturated/α-hetero) is 1. The van der Waals surface area contributed by atoms with Gasteiger partial charge in [0.05, 0.1) is 5.57 Å². The molecular weight excluding hydrogens is 356 g/mol. The molecular formula is C19H20O8. The number of hydrogen-bond acceptors (Lipinski definition) is 8. The number of aromatic hydroxyl groups is 1. The van der Waals surface area contributed by atoms with E-state index in [1.54, 1.807) is 6.92 Å². The smallest absolute Gasteiger partial charge is 0.303 e. The topological polar surface area (TPSA) is 119 Å². The van der Waals surface area contributed by atoms with Crippen LogP contribution in [0.1, 0.15) is 32.8 Å². The summed E-state index contributed by atoms with van der Waals surface area (Å²) in [6.45, 7) is 3.67. The first-order valence-corrected chi connectivity index (χ1v) is 8.46. The first-order valence-electron chi connectivity index (χ1n) is 8.46. The third-order valence-electron chi connectivity index (χ3n) is 4.74. The van der Waals surface area contributed by atoms with Gasteiger partial charge in [-0.05, 0) is 12.1 Å². The second-order valence-corrected chi connectivity index (χ2v) is 6.78. The molecule has 27 heavy (non-hydrogen) atoms. The predicted molar refractivity (Wildman–Crippen MR) is 92.0 cm³/mol. The summed E-state index contributed by atoms with van der Waals surface area (Å²) in [5.74, 6) is -2.78. The van der Waals surface area contributed by atoms with Gasteiger partial charge < -0.3 is 24.4 Å². The van der Waals surface area contributed by atoms with Crippen LogP contribution in [0.3, 0.4) is 0 Å². The molecule has 3 rings (SSSR count). The van der Waals surface area contributed by atoms with Gasteiger partial charge in [0.15, 0.2) is 11.9 Å². The van der Waals surface area contributed by atoms with Crippen LogP contribution in [0.15, 0.2) is 23.8 Å². The van der Waals surface area contributed by atoms with Gasteiger partial charge >= 0.3 is 11.9 Å². The minimum Gasteiger partial charge on any atom is -0.507 e. The van der Waals surface area contributed by atoms with Gasteiger partial charge in [-0.1, -0.05) is 13.0 Å². The summed E-state index contributed by atoms with van der Waals surface area (Å²) in [4.78, 5) is 35.9. The molecule has 1 fully saturated rings. The van der Waals surface area contributed by atoms with Crippen LogP contribution in [0.25, 0.3) is 5.76 Å². The minimum absolute atomic E-state index is 0.00848. The molecule has 1 heterocycles. The standard InChI is InChI=1S/C19H20O8/c1-9-7-13(23)16-17(24)15-12(22)5-4-6-14(15)27-19(16,8-25-10(2)20)18(9)26-11(3)21/h4-6,9,18,22,24H,7-8H2,1-3H3/t9-,18-,19+/m1/s1. The molecule has 8 heteroatoms. The molecule has 0 radical (unpaired) electrons. The van der Waals surface area contributed by atoms with Crippen molar-refractivity contribution < 1.29 is 38.8 Å². The summed E-state index contributed by atoms with van der Waals surface area (Å²) in [5.41, 5.74) is -1.92. The van der Waals surface area contributed by atoms with Gasteiger partial charge in [-0.2, -0.15) is 0 Å². The summed E-state index contributed by atoms with van der Waals surface area (Å²) in [6, 6.07) is 4.34. The zero-order valence-electron chi connectivity index (χ0n) is 15.1. The Morgan fingerprint density at radius 1 is 1.26 bits per heavy atom. The Bertz CT molecular complexity index is 855. The van der Waals surface area contributed by atoms with Crippen LogP contribution in [0, 0.1) is 5.92 Å². The number of benzene rings is 1. The van der Waals surface area contributed by atoms with E-state index in [4.69, 9.17) is 14.2 Å². The van der Waals surface area contributed by atoms with Crippen molar-refractivity contribution in [2.45, 2.75) is 38.9 Å². The Morgan fingerprint density at radius 2 is 1.96 bits per heavy atom. The van der Waals surface area contributed by atoms with Gasteiger partial charge in [-0.3, -0.25) is 14.4 Å². The largest absolute Gasteiger partial charge is 0.507 e. The highest BCUT2D eigenvalue weighted by Gasteiger charge is 2.60. The maximum atomic E-state index is 12.8. The summed E-state index contributed by atoms with van der Waals surface area (Å²) >= 11 is 0. The van der Waals surface area contributed by atoms with E-state index in [1.165, 1.54) is 32.0 Å². The highest BCUT2D eigenvalue weighted by molar-refractivity contribution is 6.06. The fraction of sp³-hybridized carbons (Fsp3) is 0.421. The summed E-state index contributed by atoms with van der Waals surface area (Å²) in [6.07, 6.45) is -0.995. The first kappa shape index (κ1) is 18.8. The quantitative estimate of drug-likeness (QED) is 0.768.